The Kier molecular flexibility index (Phi) is 12.5. The number of hydrogen-bond acceptors (Lipinski definition) is 5. The van der Waals surface area contributed by atoms with Crippen molar-refractivity contribution in [2.24, 2.45) is 10.4 Å². The molecule has 1 rings (SSSR count). The molecule has 1 amide bonds. The molecule has 0 saturated heterocycles. The molecule has 0 heterocycles. The van der Waals surface area contributed by atoms with Crippen molar-refractivity contribution < 1.29 is 17.9 Å². The standard InChI is InChI=1S/C17H34N4O4S.HI/c1-5-18-16(19-10-11-25-12-13-26(4,23)24)20-14-17(8-6-7-9-17)15(22)21(2)3;/h5-14H2,1-4H3,(H2,18,19,20);1H. The lowest BCUT2D eigenvalue weighted by atomic mass is 9.85. The van der Waals surface area contributed by atoms with Gasteiger partial charge < -0.3 is 20.3 Å². The quantitative estimate of drug-likeness (QED) is 0.193. The lowest BCUT2D eigenvalue weighted by Gasteiger charge is -2.29. The fraction of sp³-hybridized carbons (Fsp3) is 0.882. The van der Waals surface area contributed by atoms with Crippen LogP contribution in [0.1, 0.15) is 32.6 Å². The first kappa shape index (κ1) is 26.4. The molecule has 160 valence electrons. The summed E-state index contributed by atoms with van der Waals surface area (Å²) in [6.45, 7) is 4.26. The van der Waals surface area contributed by atoms with E-state index in [9.17, 15) is 13.2 Å². The third-order valence-corrected chi connectivity index (χ3v) is 5.35. The number of nitrogens with one attached hydrogen (secondary N) is 2. The molecule has 2 N–H and O–H groups in total. The van der Waals surface area contributed by atoms with Gasteiger partial charge in [-0.15, -0.1) is 24.0 Å². The molecule has 27 heavy (non-hydrogen) atoms. The smallest absolute Gasteiger partial charge is 0.230 e. The molecule has 0 radical (unpaired) electrons. The van der Waals surface area contributed by atoms with Crippen LogP contribution in [0.15, 0.2) is 4.99 Å². The molecule has 8 nitrogen and oxygen atoms in total. The van der Waals surface area contributed by atoms with Crippen LogP contribution >= 0.6 is 24.0 Å². The Balaban J connectivity index is 0.00000676. The van der Waals surface area contributed by atoms with Crippen molar-refractivity contribution in [1.82, 2.24) is 15.5 Å². The fourth-order valence-corrected chi connectivity index (χ4v) is 3.51. The molecule has 0 aliphatic heterocycles. The summed E-state index contributed by atoms with van der Waals surface area (Å²) in [5.41, 5.74) is -0.391. The van der Waals surface area contributed by atoms with Crippen molar-refractivity contribution in [3.8, 4) is 0 Å². The van der Waals surface area contributed by atoms with E-state index in [0.29, 0.717) is 25.7 Å². The van der Waals surface area contributed by atoms with Gasteiger partial charge in [0, 0.05) is 33.4 Å². The number of rotatable bonds is 10. The second-order valence-corrected chi connectivity index (χ2v) is 9.31. The van der Waals surface area contributed by atoms with Gasteiger partial charge in [-0.2, -0.15) is 0 Å². The number of aliphatic imine (C=N–C) groups is 1. The predicted molar refractivity (Wildman–Crippen MR) is 120 cm³/mol. The topological polar surface area (TPSA) is 100 Å². The molecule has 0 aromatic rings. The molecule has 0 aromatic heterocycles. The van der Waals surface area contributed by atoms with Gasteiger partial charge in [0.05, 0.1) is 30.9 Å². The van der Waals surface area contributed by atoms with Crippen molar-refractivity contribution in [2.45, 2.75) is 32.6 Å². The van der Waals surface area contributed by atoms with Gasteiger partial charge in [0.15, 0.2) is 5.96 Å². The summed E-state index contributed by atoms with van der Waals surface area (Å²) in [6, 6.07) is 0. The Morgan fingerprint density at radius 3 is 2.33 bits per heavy atom. The number of hydrogen-bond donors (Lipinski definition) is 2. The summed E-state index contributed by atoms with van der Waals surface area (Å²) >= 11 is 0. The van der Waals surface area contributed by atoms with Crippen molar-refractivity contribution in [1.29, 1.82) is 0 Å². The Bertz CT molecular complexity index is 575. The number of halogens is 1. The van der Waals surface area contributed by atoms with E-state index < -0.39 is 15.3 Å². The number of carbonyl (C=O) groups is 1. The highest BCUT2D eigenvalue weighted by Crippen LogP contribution is 2.39. The summed E-state index contributed by atoms with van der Waals surface area (Å²) in [5.74, 6) is 0.826. The van der Waals surface area contributed by atoms with Crippen molar-refractivity contribution in [3.63, 3.8) is 0 Å². The molecule has 10 heteroatoms. The zero-order chi connectivity index (χ0) is 19.6. The first-order chi connectivity index (χ1) is 12.2. The second kappa shape index (κ2) is 12.8. The Morgan fingerprint density at radius 1 is 1.19 bits per heavy atom. The van der Waals surface area contributed by atoms with Gasteiger partial charge in [-0.25, -0.2) is 8.42 Å². The largest absolute Gasteiger partial charge is 0.379 e. The van der Waals surface area contributed by atoms with Gasteiger partial charge in [0.2, 0.25) is 5.91 Å². The van der Waals surface area contributed by atoms with Gasteiger partial charge in [-0.1, -0.05) is 12.8 Å². The monoisotopic (exact) mass is 518 g/mol. The van der Waals surface area contributed by atoms with Crippen molar-refractivity contribution in [3.05, 3.63) is 0 Å². The van der Waals surface area contributed by atoms with E-state index in [1.165, 1.54) is 6.26 Å². The minimum absolute atomic E-state index is 0. The maximum absolute atomic E-state index is 12.6. The summed E-state index contributed by atoms with van der Waals surface area (Å²) in [6.07, 6.45) is 5.07. The molecule has 1 aliphatic rings. The molecule has 1 fully saturated rings. The number of nitrogens with zero attached hydrogens (tertiary/aromatic N) is 2. The van der Waals surface area contributed by atoms with Crippen LogP contribution < -0.4 is 10.6 Å². The highest BCUT2D eigenvalue weighted by atomic mass is 127. The van der Waals surface area contributed by atoms with Crippen LogP contribution in [0.25, 0.3) is 0 Å². The molecule has 0 unspecified atom stereocenters. The zero-order valence-electron chi connectivity index (χ0n) is 16.9. The van der Waals surface area contributed by atoms with Gasteiger partial charge >= 0.3 is 0 Å². The number of carbonyl (C=O) groups excluding carboxylic acids is 1. The minimum atomic E-state index is -2.99. The first-order valence-electron chi connectivity index (χ1n) is 9.19. The van der Waals surface area contributed by atoms with Gasteiger partial charge in [0.25, 0.3) is 0 Å². The fourth-order valence-electron chi connectivity index (χ4n) is 3.09. The summed E-state index contributed by atoms with van der Waals surface area (Å²) < 4.78 is 27.4. The second-order valence-electron chi connectivity index (χ2n) is 7.05. The van der Waals surface area contributed by atoms with Crippen LogP contribution in [-0.4, -0.2) is 84.1 Å². The lowest BCUT2D eigenvalue weighted by molar-refractivity contribution is -0.138. The minimum Gasteiger partial charge on any atom is -0.379 e. The zero-order valence-corrected chi connectivity index (χ0v) is 20.1. The van der Waals surface area contributed by atoms with Crippen LogP contribution in [-0.2, 0) is 19.4 Å². The number of ether oxygens (including phenoxy) is 1. The van der Waals surface area contributed by atoms with E-state index in [0.717, 1.165) is 32.2 Å². The Labute approximate surface area is 180 Å². The normalized spacial score (nSPS) is 16.5. The van der Waals surface area contributed by atoms with Crippen LogP contribution in [0, 0.1) is 5.41 Å². The molecule has 0 spiro atoms. The predicted octanol–water partition coefficient (Wildman–Crippen LogP) is 0.869. The molecule has 0 atom stereocenters. The Hall–Kier alpha value is -0.620. The summed E-state index contributed by atoms with van der Waals surface area (Å²) in [4.78, 5) is 18.9. The number of amides is 1. The molecule has 0 aromatic carbocycles. The lowest BCUT2D eigenvalue weighted by Crippen LogP contribution is -2.43. The molecular formula is C17H35IN4O4S. The number of guanidine groups is 1. The summed E-state index contributed by atoms with van der Waals surface area (Å²) in [5, 5.41) is 6.34. The molecule has 0 bridgehead atoms. The molecule has 1 aliphatic carbocycles. The average Bonchev–Trinajstić information content (AvgIpc) is 3.03. The first-order valence-corrected chi connectivity index (χ1v) is 11.3. The van der Waals surface area contributed by atoms with Crippen molar-refractivity contribution >= 4 is 45.7 Å². The van der Waals surface area contributed by atoms with E-state index in [4.69, 9.17) is 4.74 Å². The van der Waals surface area contributed by atoms with Gasteiger partial charge in [-0.3, -0.25) is 9.79 Å². The Morgan fingerprint density at radius 2 is 1.81 bits per heavy atom. The third kappa shape index (κ3) is 9.93. The van der Waals surface area contributed by atoms with Crippen LogP contribution in [0.5, 0.6) is 0 Å². The maximum Gasteiger partial charge on any atom is 0.230 e. The highest BCUT2D eigenvalue weighted by molar-refractivity contribution is 14.0. The van der Waals surface area contributed by atoms with E-state index in [1.54, 1.807) is 19.0 Å². The molecule has 1 saturated carbocycles. The third-order valence-electron chi connectivity index (χ3n) is 4.44. The van der Waals surface area contributed by atoms with E-state index in [-0.39, 0.29) is 42.2 Å². The SMILES string of the molecule is CCNC(=NCC1(C(=O)N(C)C)CCCC1)NCCOCCS(C)(=O)=O.I. The molecular weight excluding hydrogens is 483 g/mol. The maximum atomic E-state index is 12.6. The van der Waals surface area contributed by atoms with Gasteiger partial charge in [0.1, 0.15) is 9.84 Å². The van der Waals surface area contributed by atoms with Crippen LogP contribution in [0.3, 0.4) is 0 Å². The number of sulfone groups is 1. The van der Waals surface area contributed by atoms with E-state index in [1.807, 2.05) is 6.92 Å². The van der Waals surface area contributed by atoms with E-state index >= 15 is 0 Å². The van der Waals surface area contributed by atoms with Gasteiger partial charge in [-0.05, 0) is 19.8 Å². The van der Waals surface area contributed by atoms with Crippen molar-refractivity contribution in [2.75, 3.05) is 59.0 Å². The van der Waals surface area contributed by atoms with Crippen LogP contribution in [0.2, 0.25) is 0 Å². The average molecular weight is 518 g/mol. The van der Waals surface area contributed by atoms with Crippen LogP contribution in [0.4, 0.5) is 0 Å². The van der Waals surface area contributed by atoms with E-state index in [2.05, 4.69) is 15.6 Å². The summed E-state index contributed by atoms with van der Waals surface area (Å²) in [7, 11) is 0.596. The highest BCUT2D eigenvalue weighted by Gasteiger charge is 2.41.